The highest BCUT2D eigenvalue weighted by molar-refractivity contribution is 9.10. The van der Waals surface area contributed by atoms with E-state index >= 15 is 0 Å². The number of hydrogen-bond donors (Lipinski definition) is 1. The summed E-state index contributed by atoms with van der Waals surface area (Å²) in [7, 11) is 0. The molecule has 2 aromatic heterocycles. The second kappa shape index (κ2) is 6.85. The van der Waals surface area contributed by atoms with Crippen LogP contribution in [0.15, 0.2) is 27.4 Å². The van der Waals surface area contributed by atoms with Crippen molar-refractivity contribution in [3.8, 4) is 0 Å². The van der Waals surface area contributed by atoms with Gasteiger partial charge in [-0.1, -0.05) is 6.92 Å². The van der Waals surface area contributed by atoms with Crippen LogP contribution in [0.5, 0.6) is 0 Å². The number of hydrogen-bond acceptors (Lipinski definition) is 3. The van der Waals surface area contributed by atoms with E-state index in [1.807, 2.05) is 22.7 Å². The number of halogens is 1. The van der Waals surface area contributed by atoms with Gasteiger partial charge in [-0.3, -0.25) is 0 Å². The summed E-state index contributed by atoms with van der Waals surface area (Å²) in [4.78, 5) is 2.90. The Kier molecular flexibility index (Phi) is 5.42. The third-order valence-corrected chi connectivity index (χ3v) is 6.02. The minimum absolute atomic E-state index is 0.444. The molecule has 0 saturated heterocycles. The van der Waals surface area contributed by atoms with Crippen LogP contribution >= 0.6 is 38.6 Å². The summed E-state index contributed by atoms with van der Waals surface area (Å²) in [5.41, 5.74) is 1.40. The van der Waals surface area contributed by atoms with Gasteiger partial charge < -0.3 is 5.32 Å². The standard InChI is InChI=1S/C14H18BrNS2/c1-3-6-16-12(14-10(2)4-7-18-14)9-13-11(15)5-8-17-13/h4-5,7-8,12,16H,3,6,9H2,1-2H3. The zero-order valence-corrected chi connectivity index (χ0v) is 13.9. The quantitative estimate of drug-likeness (QED) is 0.763. The van der Waals surface area contributed by atoms with E-state index in [2.05, 4.69) is 58.0 Å². The minimum Gasteiger partial charge on any atom is -0.309 e. The monoisotopic (exact) mass is 343 g/mol. The Bertz CT molecular complexity index is 489. The Hall–Kier alpha value is -0.160. The van der Waals surface area contributed by atoms with Gasteiger partial charge in [0.2, 0.25) is 0 Å². The SMILES string of the molecule is CCCNC(Cc1sccc1Br)c1sccc1C. The first-order valence-electron chi connectivity index (χ1n) is 6.21. The number of rotatable bonds is 6. The van der Waals surface area contributed by atoms with Crippen LogP contribution in [0.4, 0.5) is 0 Å². The summed E-state index contributed by atoms with van der Waals surface area (Å²) in [6.07, 6.45) is 2.24. The van der Waals surface area contributed by atoms with Crippen molar-refractivity contribution in [1.29, 1.82) is 0 Å². The summed E-state index contributed by atoms with van der Waals surface area (Å²) in [6, 6.07) is 4.79. The lowest BCUT2D eigenvalue weighted by molar-refractivity contribution is 0.537. The van der Waals surface area contributed by atoms with Crippen molar-refractivity contribution in [3.63, 3.8) is 0 Å². The molecule has 0 bridgehead atoms. The van der Waals surface area contributed by atoms with Crippen LogP contribution in [0.2, 0.25) is 0 Å². The van der Waals surface area contributed by atoms with Gasteiger partial charge in [0.05, 0.1) is 0 Å². The smallest absolute Gasteiger partial charge is 0.0466 e. The Morgan fingerprint density at radius 3 is 2.61 bits per heavy atom. The van der Waals surface area contributed by atoms with Crippen LogP contribution < -0.4 is 5.32 Å². The van der Waals surface area contributed by atoms with Crippen molar-refractivity contribution in [2.45, 2.75) is 32.7 Å². The largest absolute Gasteiger partial charge is 0.309 e. The third kappa shape index (κ3) is 3.44. The maximum atomic E-state index is 3.67. The molecule has 0 amide bonds. The Balaban J connectivity index is 2.15. The highest BCUT2D eigenvalue weighted by Crippen LogP contribution is 2.31. The zero-order chi connectivity index (χ0) is 13.0. The molecule has 2 heterocycles. The maximum Gasteiger partial charge on any atom is 0.0466 e. The molecule has 0 aliphatic rings. The molecular formula is C14H18BrNS2. The fourth-order valence-electron chi connectivity index (χ4n) is 1.97. The molecule has 0 fully saturated rings. The van der Waals surface area contributed by atoms with Gasteiger partial charge in [-0.15, -0.1) is 22.7 Å². The first-order chi connectivity index (χ1) is 8.72. The lowest BCUT2D eigenvalue weighted by Crippen LogP contribution is -2.23. The van der Waals surface area contributed by atoms with E-state index in [9.17, 15) is 0 Å². The van der Waals surface area contributed by atoms with Gasteiger partial charge in [-0.05, 0) is 64.3 Å². The predicted octanol–water partition coefficient (Wildman–Crippen LogP) is 5.16. The first kappa shape index (κ1) is 14.3. The van der Waals surface area contributed by atoms with Crippen molar-refractivity contribution in [3.05, 3.63) is 42.7 Å². The Morgan fingerprint density at radius 2 is 2.06 bits per heavy atom. The average molecular weight is 344 g/mol. The van der Waals surface area contributed by atoms with Crippen LogP contribution in [0, 0.1) is 6.92 Å². The van der Waals surface area contributed by atoms with Gasteiger partial charge in [0.25, 0.3) is 0 Å². The summed E-state index contributed by atoms with van der Waals surface area (Å²) in [6.45, 7) is 5.49. The molecule has 1 atom stereocenters. The average Bonchev–Trinajstić information content (AvgIpc) is 2.94. The highest BCUT2D eigenvalue weighted by atomic mass is 79.9. The molecule has 0 spiro atoms. The number of nitrogens with one attached hydrogen (secondary N) is 1. The van der Waals surface area contributed by atoms with E-state index in [0.717, 1.165) is 13.0 Å². The van der Waals surface area contributed by atoms with Gasteiger partial charge in [0.1, 0.15) is 0 Å². The second-order valence-corrected chi connectivity index (χ2v) is 7.17. The van der Waals surface area contributed by atoms with E-state index in [4.69, 9.17) is 0 Å². The Labute approximate surface area is 125 Å². The summed E-state index contributed by atoms with van der Waals surface area (Å²) in [5.74, 6) is 0. The second-order valence-electron chi connectivity index (χ2n) is 4.37. The normalized spacial score (nSPS) is 12.8. The van der Waals surface area contributed by atoms with E-state index in [-0.39, 0.29) is 0 Å². The molecule has 1 nitrogen and oxygen atoms in total. The van der Waals surface area contributed by atoms with Crippen LogP contribution in [0.25, 0.3) is 0 Å². The van der Waals surface area contributed by atoms with Crippen molar-refractivity contribution >= 4 is 38.6 Å². The minimum atomic E-state index is 0.444. The molecule has 0 aliphatic carbocycles. The fraction of sp³-hybridized carbons (Fsp3) is 0.429. The van der Waals surface area contributed by atoms with Gasteiger partial charge in [0, 0.05) is 26.7 Å². The van der Waals surface area contributed by atoms with Crippen molar-refractivity contribution < 1.29 is 0 Å². The van der Waals surface area contributed by atoms with E-state index in [1.165, 1.54) is 26.2 Å². The summed E-state index contributed by atoms with van der Waals surface area (Å²) >= 11 is 7.33. The van der Waals surface area contributed by atoms with Crippen LogP contribution in [0.3, 0.4) is 0 Å². The zero-order valence-electron chi connectivity index (χ0n) is 10.7. The summed E-state index contributed by atoms with van der Waals surface area (Å²) in [5, 5.41) is 8.01. The fourth-order valence-corrected chi connectivity index (χ4v) is 4.54. The Morgan fingerprint density at radius 1 is 1.28 bits per heavy atom. The molecule has 4 heteroatoms. The van der Waals surface area contributed by atoms with Crippen molar-refractivity contribution in [2.24, 2.45) is 0 Å². The molecule has 0 aliphatic heterocycles. The molecule has 1 N–H and O–H groups in total. The third-order valence-electron chi connectivity index (χ3n) is 2.94. The van der Waals surface area contributed by atoms with Crippen molar-refractivity contribution in [2.75, 3.05) is 6.54 Å². The molecule has 18 heavy (non-hydrogen) atoms. The first-order valence-corrected chi connectivity index (χ1v) is 8.76. The molecule has 2 aromatic rings. The van der Waals surface area contributed by atoms with Gasteiger partial charge in [0.15, 0.2) is 0 Å². The van der Waals surface area contributed by atoms with E-state index in [1.54, 1.807) is 0 Å². The highest BCUT2D eigenvalue weighted by Gasteiger charge is 2.17. The molecule has 1 unspecified atom stereocenters. The lowest BCUT2D eigenvalue weighted by Gasteiger charge is -2.18. The van der Waals surface area contributed by atoms with Crippen LogP contribution in [-0.4, -0.2) is 6.54 Å². The van der Waals surface area contributed by atoms with E-state index < -0.39 is 0 Å². The maximum absolute atomic E-state index is 3.67. The van der Waals surface area contributed by atoms with Crippen LogP contribution in [0.1, 0.15) is 34.7 Å². The molecule has 2 rings (SSSR count). The topological polar surface area (TPSA) is 12.0 Å². The van der Waals surface area contributed by atoms with Gasteiger partial charge >= 0.3 is 0 Å². The van der Waals surface area contributed by atoms with E-state index in [0.29, 0.717) is 6.04 Å². The van der Waals surface area contributed by atoms with Crippen molar-refractivity contribution in [1.82, 2.24) is 5.32 Å². The predicted molar refractivity (Wildman–Crippen MR) is 85.8 cm³/mol. The number of thiophene rings is 2. The molecule has 0 saturated carbocycles. The lowest BCUT2D eigenvalue weighted by atomic mass is 10.1. The number of aryl methyl sites for hydroxylation is 1. The summed E-state index contributed by atoms with van der Waals surface area (Å²) < 4.78 is 1.24. The molecule has 98 valence electrons. The molecular weight excluding hydrogens is 326 g/mol. The molecule has 0 aromatic carbocycles. The van der Waals surface area contributed by atoms with Crippen LogP contribution in [-0.2, 0) is 6.42 Å². The van der Waals surface area contributed by atoms with Gasteiger partial charge in [-0.25, -0.2) is 0 Å². The molecule has 0 radical (unpaired) electrons. The van der Waals surface area contributed by atoms with Gasteiger partial charge in [-0.2, -0.15) is 0 Å².